The first-order valence-electron chi connectivity index (χ1n) is 6.09. The molecule has 1 aromatic heterocycles. The van der Waals surface area contributed by atoms with Crippen molar-refractivity contribution in [2.24, 2.45) is 0 Å². The fraction of sp³-hybridized carbons (Fsp3) is 0.286. The van der Waals surface area contributed by atoms with Crippen molar-refractivity contribution >= 4 is 17.3 Å². The van der Waals surface area contributed by atoms with E-state index in [1.807, 2.05) is 18.2 Å². The van der Waals surface area contributed by atoms with Crippen LogP contribution in [0.5, 0.6) is 11.5 Å². The SMILES string of the molecule is COc1cccc(OCc2ncc(CCC(=O)O)s2)c1. The number of thiazole rings is 1. The average Bonchev–Trinajstić information content (AvgIpc) is 2.91. The summed E-state index contributed by atoms with van der Waals surface area (Å²) in [5, 5.41) is 9.46. The second-order valence-electron chi connectivity index (χ2n) is 4.08. The number of nitrogens with zero attached hydrogens (tertiary/aromatic N) is 1. The van der Waals surface area contributed by atoms with E-state index in [0.717, 1.165) is 15.6 Å². The van der Waals surface area contributed by atoms with Gasteiger partial charge in [0, 0.05) is 17.1 Å². The van der Waals surface area contributed by atoms with Crippen molar-refractivity contribution in [2.45, 2.75) is 19.4 Å². The van der Waals surface area contributed by atoms with Crippen molar-refractivity contribution in [2.75, 3.05) is 7.11 Å². The van der Waals surface area contributed by atoms with Crippen molar-refractivity contribution in [1.29, 1.82) is 0 Å². The van der Waals surface area contributed by atoms with Gasteiger partial charge in [-0.2, -0.15) is 0 Å². The normalized spacial score (nSPS) is 10.2. The molecule has 2 aromatic rings. The minimum absolute atomic E-state index is 0.123. The molecule has 5 nitrogen and oxygen atoms in total. The van der Waals surface area contributed by atoms with Crippen molar-refractivity contribution in [1.82, 2.24) is 4.98 Å². The molecule has 0 aliphatic carbocycles. The van der Waals surface area contributed by atoms with Gasteiger partial charge >= 0.3 is 5.97 Å². The van der Waals surface area contributed by atoms with E-state index in [9.17, 15) is 4.79 Å². The number of carboxylic acid groups (broad SMARTS) is 1. The number of aromatic nitrogens is 1. The number of methoxy groups -OCH3 is 1. The molecular weight excluding hydrogens is 278 g/mol. The Hall–Kier alpha value is -2.08. The molecule has 0 radical (unpaired) electrons. The third-order valence-corrected chi connectivity index (χ3v) is 3.62. The molecule has 20 heavy (non-hydrogen) atoms. The molecule has 0 saturated heterocycles. The predicted molar refractivity (Wildman–Crippen MR) is 75.4 cm³/mol. The number of benzene rings is 1. The molecule has 0 atom stereocenters. The zero-order chi connectivity index (χ0) is 14.4. The number of carboxylic acids is 1. The van der Waals surface area contributed by atoms with E-state index in [4.69, 9.17) is 14.6 Å². The molecule has 0 saturated carbocycles. The number of aliphatic carboxylic acids is 1. The van der Waals surface area contributed by atoms with Crippen LogP contribution >= 0.6 is 11.3 Å². The van der Waals surface area contributed by atoms with E-state index in [1.165, 1.54) is 11.3 Å². The Morgan fingerprint density at radius 2 is 2.20 bits per heavy atom. The maximum absolute atomic E-state index is 10.5. The Kier molecular flexibility index (Phi) is 4.95. The number of hydrogen-bond donors (Lipinski definition) is 1. The summed E-state index contributed by atoms with van der Waals surface area (Å²) >= 11 is 1.47. The summed E-state index contributed by atoms with van der Waals surface area (Å²) in [5.41, 5.74) is 0. The van der Waals surface area contributed by atoms with Crippen LogP contribution in [0.1, 0.15) is 16.3 Å². The van der Waals surface area contributed by atoms with Gasteiger partial charge in [0.15, 0.2) is 0 Å². The summed E-state index contributed by atoms with van der Waals surface area (Å²) in [6, 6.07) is 7.36. The highest BCUT2D eigenvalue weighted by Crippen LogP contribution is 2.21. The molecule has 6 heteroatoms. The van der Waals surface area contributed by atoms with Gasteiger partial charge in [0.2, 0.25) is 0 Å². The van der Waals surface area contributed by atoms with Gasteiger partial charge in [-0.1, -0.05) is 6.07 Å². The zero-order valence-electron chi connectivity index (χ0n) is 11.0. The lowest BCUT2D eigenvalue weighted by Gasteiger charge is -2.05. The highest BCUT2D eigenvalue weighted by atomic mass is 32.1. The van der Waals surface area contributed by atoms with Crippen LogP contribution in [0, 0.1) is 0 Å². The van der Waals surface area contributed by atoms with Crippen LogP contribution in [0.2, 0.25) is 0 Å². The van der Waals surface area contributed by atoms with E-state index < -0.39 is 5.97 Å². The molecule has 1 N–H and O–H groups in total. The maximum atomic E-state index is 10.5. The van der Waals surface area contributed by atoms with Crippen molar-refractivity contribution in [3.05, 3.63) is 40.3 Å². The number of carbonyl (C=O) groups is 1. The van der Waals surface area contributed by atoms with Gasteiger partial charge in [-0.15, -0.1) is 11.3 Å². The number of rotatable bonds is 7. The van der Waals surface area contributed by atoms with Crippen LogP contribution < -0.4 is 9.47 Å². The summed E-state index contributed by atoms with van der Waals surface area (Å²) in [5.74, 6) is 0.656. The van der Waals surface area contributed by atoms with Crippen LogP contribution in [0.25, 0.3) is 0 Å². The molecule has 0 aliphatic rings. The summed E-state index contributed by atoms with van der Waals surface area (Å²) in [4.78, 5) is 15.7. The molecule has 0 aliphatic heterocycles. The third kappa shape index (κ3) is 4.24. The molecule has 0 spiro atoms. The summed E-state index contributed by atoms with van der Waals surface area (Å²) in [6.45, 7) is 0.366. The first-order valence-corrected chi connectivity index (χ1v) is 6.91. The molecule has 1 aromatic carbocycles. The van der Waals surface area contributed by atoms with E-state index in [-0.39, 0.29) is 6.42 Å². The molecule has 2 rings (SSSR count). The highest BCUT2D eigenvalue weighted by Gasteiger charge is 2.05. The van der Waals surface area contributed by atoms with E-state index in [2.05, 4.69) is 4.98 Å². The molecule has 106 valence electrons. The Morgan fingerprint density at radius 1 is 1.40 bits per heavy atom. The second kappa shape index (κ2) is 6.91. The van der Waals surface area contributed by atoms with Crippen LogP contribution in [-0.2, 0) is 17.8 Å². The standard InChI is InChI=1S/C14H15NO4S/c1-18-10-3-2-4-11(7-10)19-9-13-15-8-12(20-13)5-6-14(16)17/h2-4,7-8H,5-6,9H2,1H3,(H,16,17). The number of hydrogen-bond acceptors (Lipinski definition) is 5. The topological polar surface area (TPSA) is 68.7 Å². The summed E-state index contributed by atoms with van der Waals surface area (Å²) in [6.07, 6.45) is 2.34. The minimum Gasteiger partial charge on any atom is -0.497 e. The minimum atomic E-state index is -0.799. The van der Waals surface area contributed by atoms with Crippen LogP contribution in [0.3, 0.4) is 0 Å². The largest absolute Gasteiger partial charge is 0.497 e. The van der Waals surface area contributed by atoms with Gasteiger partial charge in [0.25, 0.3) is 0 Å². The third-order valence-electron chi connectivity index (χ3n) is 2.59. The molecule has 0 amide bonds. The van der Waals surface area contributed by atoms with Crippen LogP contribution in [-0.4, -0.2) is 23.2 Å². The lowest BCUT2D eigenvalue weighted by atomic mass is 10.3. The molecule has 0 unspecified atom stereocenters. The van der Waals surface area contributed by atoms with E-state index >= 15 is 0 Å². The Bertz CT molecular complexity index is 582. The summed E-state index contributed by atoms with van der Waals surface area (Å²) < 4.78 is 10.7. The second-order valence-corrected chi connectivity index (χ2v) is 5.28. The Labute approximate surface area is 120 Å². The van der Waals surface area contributed by atoms with Gasteiger partial charge in [-0.25, -0.2) is 4.98 Å². The quantitative estimate of drug-likeness (QED) is 0.850. The fourth-order valence-corrected chi connectivity index (χ4v) is 2.43. The molecular formula is C14H15NO4S. The fourth-order valence-electron chi connectivity index (χ4n) is 1.60. The van der Waals surface area contributed by atoms with Crippen LogP contribution in [0.4, 0.5) is 0 Å². The molecule has 1 heterocycles. The van der Waals surface area contributed by atoms with Crippen LogP contribution in [0.15, 0.2) is 30.5 Å². The van der Waals surface area contributed by atoms with Crippen molar-refractivity contribution < 1.29 is 19.4 Å². The lowest BCUT2D eigenvalue weighted by molar-refractivity contribution is -0.136. The first-order chi connectivity index (χ1) is 9.67. The monoisotopic (exact) mass is 293 g/mol. The van der Waals surface area contributed by atoms with E-state index in [1.54, 1.807) is 19.4 Å². The number of aryl methyl sites for hydroxylation is 1. The lowest BCUT2D eigenvalue weighted by Crippen LogP contribution is -1.95. The molecule has 0 fully saturated rings. The average molecular weight is 293 g/mol. The van der Waals surface area contributed by atoms with Gasteiger partial charge in [-0.05, 0) is 18.6 Å². The van der Waals surface area contributed by atoms with Gasteiger partial charge in [-0.3, -0.25) is 4.79 Å². The van der Waals surface area contributed by atoms with Gasteiger partial charge in [0.1, 0.15) is 23.1 Å². The first kappa shape index (κ1) is 14.3. The van der Waals surface area contributed by atoms with Crippen molar-refractivity contribution in [3.63, 3.8) is 0 Å². The summed E-state index contributed by atoms with van der Waals surface area (Å²) in [7, 11) is 1.61. The maximum Gasteiger partial charge on any atom is 0.303 e. The predicted octanol–water partition coefficient (Wildman–Crippen LogP) is 2.75. The number of ether oxygens (including phenoxy) is 2. The smallest absolute Gasteiger partial charge is 0.303 e. The van der Waals surface area contributed by atoms with Gasteiger partial charge in [0.05, 0.1) is 13.5 Å². The Morgan fingerprint density at radius 3 is 2.95 bits per heavy atom. The van der Waals surface area contributed by atoms with E-state index in [0.29, 0.717) is 18.8 Å². The highest BCUT2D eigenvalue weighted by molar-refractivity contribution is 7.11. The van der Waals surface area contributed by atoms with Gasteiger partial charge < -0.3 is 14.6 Å². The van der Waals surface area contributed by atoms with Crippen molar-refractivity contribution in [3.8, 4) is 11.5 Å². The molecule has 0 bridgehead atoms. The Balaban J connectivity index is 1.88. The zero-order valence-corrected chi connectivity index (χ0v) is 11.9.